The van der Waals surface area contributed by atoms with Crippen LogP contribution in [0.25, 0.3) is 0 Å². The minimum Gasteiger partial charge on any atom is -0.344 e. The summed E-state index contributed by atoms with van der Waals surface area (Å²) in [7, 11) is 0. The fourth-order valence-electron chi connectivity index (χ4n) is 5.05. The van der Waals surface area contributed by atoms with Crippen LogP contribution >= 0.6 is 0 Å². The summed E-state index contributed by atoms with van der Waals surface area (Å²) in [4.78, 5) is 15.7. The number of carbonyl (C=O) groups excluding carboxylic acids is 1. The van der Waals surface area contributed by atoms with Gasteiger partial charge in [0.2, 0.25) is 5.91 Å². The van der Waals surface area contributed by atoms with Gasteiger partial charge in [0.25, 0.3) is 0 Å². The van der Waals surface area contributed by atoms with E-state index in [4.69, 9.17) is 0 Å². The number of hydrogen-bond donors (Lipinski definition) is 1. The highest BCUT2D eigenvalue weighted by atomic mass is 16.2. The topological polar surface area (TPSA) is 32.3 Å². The molecule has 4 rings (SSSR count). The van der Waals surface area contributed by atoms with E-state index in [1.165, 1.54) is 51.4 Å². The molecular formula is C25H32N2O. The Bertz CT molecular complexity index is 678. The van der Waals surface area contributed by atoms with Gasteiger partial charge in [-0.05, 0) is 36.8 Å². The third-order valence-corrected chi connectivity index (χ3v) is 6.48. The second kappa shape index (κ2) is 9.38. The molecule has 1 amide bonds. The monoisotopic (exact) mass is 376 g/mol. The van der Waals surface area contributed by atoms with Crippen LogP contribution in [0.4, 0.5) is 0 Å². The van der Waals surface area contributed by atoms with Gasteiger partial charge in [-0.3, -0.25) is 9.69 Å². The first-order chi connectivity index (χ1) is 13.8. The number of hydrogen-bond acceptors (Lipinski definition) is 2. The molecule has 0 saturated heterocycles. The first-order valence-corrected chi connectivity index (χ1v) is 11.0. The van der Waals surface area contributed by atoms with Crippen molar-refractivity contribution in [3.8, 4) is 0 Å². The highest BCUT2D eigenvalue weighted by Crippen LogP contribution is 2.31. The van der Waals surface area contributed by atoms with E-state index in [1.54, 1.807) is 0 Å². The summed E-state index contributed by atoms with van der Waals surface area (Å²) >= 11 is 0. The number of benzene rings is 2. The molecule has 28 heavy (non-hydrogen) atoms. The van der Waals surface area contributed by atoms with Crippen LogP contribution in [0.5, 0.6) is 0 Å². The van der Waals surface area contributed by atoms with Crippen LogP contribution < -0.4 is 5.32 Å². The summed E-state index contributed by atoms with van der Waals surface area (Å²) in [6.45, 7) is 0.533. The SMILES string of the molecule is O=C(CN(C1CCCC1)C1CCCC1)NC(c1ccccc1)c1ccccc1. The maximum atomic E-state index is 13.2. The minimum atomic E-state index is -0.0936. The molecule has 2 aromatic rings. The molecule has 0 unspecified atom stereocenters. The summed E-state index contributed by atoms with van der Waals surface area (Å²) in [5, 5.41) is 3.35. The van der Waals surface area contributed by atoms with Crippen LogP contribution in [0.15, 0.2) is 60.7 Å². The fraction of sp³-hybridized carbons (Fsp3) is 0.480. The van der Waals surface area contributed by atoms with Crippen molar-refractivity contribution in [2.75, 3.05) is 6.54 Å². The van der Waals surface area contributed by atoms with Crippen LogP contribution in [0.2, 0.25) is 0 Å². The van der Waals surface area contributed by atoms with Crippen molar-refractivity contribution in [3.63, 3.8) is 0 Å². The summed E-state index contributed by atoms with van der Waals surface area (Å²) in [6, 6.07) is 21.7. The van der Waals surface area contributed by atoms with E-state index in [9.17, 15) is 4.79 Å². The fourth-order valence-corrected chi connectivity index (χ4v) is 5.05. The highest BCUT2D eigenvalue weighted by Gasteiger charge is 2.32. The standard InChI is InChI=1S/C25H32N2O/c28-24(19-27(22-15-7-8-16-22)23-17-9-10-18-23)26-25(20-11-3-1-4-12-20)21-13-5-2-6-14-21/h1-6,11-14,22-23,25H,7-10,15-19H2,(H,26,28). The van der Waals surface area contributed by atoms with Crippen LogP contribution in [0.3, 0.4) is 0 Å². The zero-order valence-electron chi connectivity index (χ0n) is 16.7. The van der Waals surface area contributed by atoms with Gasteiger partial charge < -0.3 is 5.32 Å². The van der Waals surface area contributed by atoms with Crippen molar-refractivity contribution in [3.05, 3.63) is 71.8 Å². The molecule has 0 atom stereocenters. The van der Waals surface area contributed by atoms with Crippen molar-refractivity contribution in [1.29, 1.82) is 0 Å². The molecule has 0 aromatic heterocycles. The molecular weight excluding hydrogens is 344 g/mol. The van der Waals surface area contributed by atoms with E-state index >= 15 is 0 Å². The lowest BCUT2D eigenvalue weighted by Crippen LogP contribution is -2.47. The Morgan fingerprint density at radius 1 is 0.786 bits per heavy atom. The quantitative estimate of drug-likeness (QED) is 0.731. The van der Waals surface area contributed by atoms with Gasteiger partial charge in [0.05, 0.1) is 12.6 Å². The number of nitrogens with zero attached hydrogens (tertiary/aromatic N) is 1. The summed E-state index contributed by atoms with van der Waals surface area (Å²) in [5.74, 6) is 0.150. The van der Waals surface area contributed by atoms with E-state index in [0.717, 1.165) is 11.1 Å². The Morgan fingerprint density at radius 3 is 1.64 bits per heavy atom. The van der Waals surface area contributed by atoms with Crippen LogP contribution in [-0.2, 0) is 4.79 Å². The Kier molecular flexibility index (Phi) is 6.43. The van der Waals surface area contributed by atoms with Crippen molar-refractivity contribution in [2.24, 2.45) is 0 Å². The van der Waals surface area contributed by atoms with E-state index in [1.807, 2.05) is 36.4 Å². The van der Waals surface area contributed by atoms with Crippen molar-refractivity contribution < 1.29 is 4.79 Å². The zero-order valence-corrected chi connectivity index (χ0v) is 16.7. The molecule has 0 heterocycles. The van der Waals surface area contributed by atoms with E-state index in [2.05, 4.69) is 34.5 Å². The number of nitrogens with one attached hydrogen (secondary N) is 1. The molecule has 3 heteroatoms. The predicted octanol–water partition coefficient (Wildman–Crippen LogP) is 5.08. The molecule has 2 fully saturated rings. The largest absolute Gasteiger partial charge is 0.344 e. The molecule has 148 valence electrons. The highest BCUT2D eigenvalue weighted by molar-refractivity contribution is 5.79. The van der Waals surface area contributed by atoms with Gasteiger partial charge in [0, 0.05) is 12.1 Å². The maximum absolute atomic E-state index is 13.2. The molecule has 2 aliphatic carbocycles. The van der Waals surface area contributed by atoms with Crippen molar-refractivity contribution in [1.82, 2.24) is 10.2 Å². The summed E-state index contributed by atoms with van der Waals surface area (Å²) in [5.41, 5.74) is 2.27. The Labute approximate surface area is 169 Å². The second-order valence-electron chi connectivity index (χ2n) is 8.37. The van der Waals surface area contributed by atoms with Crippen LogP contribution in [-0.4, -0.2) is 29.4 Å². The van der Waals surface area contributed by atoms with Crippen LogP contribution in [0, 0.1) is 0 Å². The maximum Gasteiger partial charge on any atom is 0.234 e. The van der Waals surface area contributed by atoms with Gasteiger partial charge in [0.15, 0.2) is 0 Å². The average Bonchev–Trinajstić information content (AvgIpc) is 3.46. The van der Waals surface area contributed by atoms with E-state index in [0.29, 0.717) is 18.6 Å². The molecule has 2 saturated carbocycles. The van der Waals surface area contributed by atoms with Gasteiger partial charge in [-0.25, -0.2) is 0 Å². The Hall–Kier alpha value is -2.13. The third kappa shape index (κ3) is 4.64. The minimum absolute atomic E-state index is 0.0936. The average molecular weight is 377 g/mol. The van der Waals surface area contributed by atoms with E-state index < -0.39 is 0 Å². The summed E-state index contributed by atoms with van der Waals surface area (Å²) < 4.78 is 0. The van der Waals surface area contributed by atoms with Crippen molar-refractivity contribution >= 4 is 5.91 Å². The molecule has 0 radical (unpaired) electrons. The first-order valence-electron chi connectivity index (χ1n) is 11.0. The second-order valence-corrected chi connectivity index (χ2v) is 8.37. The molecule has 3 nitrogen and oxygen atoms in total. The van der Waals surface area contributed by atoms with Crippen molar-refractivity contribution in [2.45, 2.75) is 69.5 Å². The zero-order chi connectivity index (χ0) is 19.2. The smallest absolute Gasteiger partial charge is 0.234 e. The van der Waals surface area contributed by atoms with Gasteiger partial charge in [0.1, 0.15) is 0 Å². The normalized spacial score (nSPS) is 18.2. The lowest BCUT2D eigenvalue weighted by molar-refractivity contribution is -0.124. The lowest BCUT2D eigenvalue weighted by Gasteiger charge is -2.34. The van der Waals surface area contributed by atoms with Gasteiger partial charge in [-0.15, -0.1) is 0 Å². The molecule has 2 aromatic carbocycles. The van der Waals surface area contributed by atoms with Gasteiger partial charge in [-0.1, -0.05) is 86.3 Å². The Morgan fingerprint density at radius 2 is 1.21 bits per heavy atom. The summed E-state index contributed by atoms with van der Waals surface area (Å²) in [6.07, 6.45) is 10.3. The molecule has 0 bridgehead atoms. The molecule has 0 spiro atoms. The molecule has 0 aliphatic heterocycles. The predicted molar refractivity (Wildman–Crippen MR) is 114 cm³/mol. The Balaban J connectivity index is 1.50. The van der Waals surface area contributed by atoms with Gasteiger partial charge in [-0.2, -0.15) is 0 Å². The van der Waals surface area contributed by atoms with Crippen LogP contribution in [0.1, 0.15) is 68.5 Å². The molecule has 1 N–H and O–H groups in total. The lowest BCUT2D eigenvalue weighted by atomic mass is 9.98. The molecule has 2 aliphatic rings. The number of carbonyl (C=O) groups is 1. The number of amides is 1. The third-order valence-electron chi connectivity index (χ3n) is 6.48. The first kappa shape index (κ1) is 19.2. The van der Waals surface area contributed by atoms with E-state index in [-0.39, 0.29) is 11.9 Å². The van der Waals surface area contributed by atoms with Gasteiger partial charge >= 0.3 is 0 Å². The number of rotatable bonds is 7.